The molecule has 0 bridgehead atoms. The second-order valence-electron chi connectivity index (χ2n) is 10.5. The van der Waals surface area contributed by atoms with Crippen molar-refractivity contribution >= 4 is 17.6 Å². The predicted molar refractivity (Wildman–Crippen MR) is 123 cm³/mol. The molecule has 4 aliphatic rings. The fourth-order valence-electron chi connectivity index (χ4n) is 5.50. The van der Waals surface area contributed by atoms with Gasteiger partial charge in [-0.15, -0.1) is 0 Å². The van der Waals surface area contributed by atoms with Crippen LogP contribution in [0.4, 0.5) is 5.82 Å². The molecule has 3 fully saturated rings. The highest BCUT2D eigenvalue weighted by molar-refractivity contribution is 5.95. The Labute approximate surface area is 191 Å². The number of hydrogen-bond donors (Lipinski definition) is 0. The highest BCUT2D eigenvalue weighted by Gasteiger charge is 2.36. The Balaban J connectivity index is 1.38. The number of anilines is 1. The molecule has 2 saturated heterocycles. The van der Waals surface area contributed by atoms with Crippen LogP contribution in [-0.4, -0.2) is 64.3 Å². The molecule has 5 rings (SSSR count). The summed E-state index contributed by atoms with van der Waals surface area (Å²) in [6.07, 6.45) is 9.05. The van der Waals surface area contributed by atoms with E-state index in [1.54, 1.807) is 0 Å². The van der Waals surface area contributed by atoms with Crippen LogP contribution in [0.15, 0.2) is 0 Å². The minimum absolute atomic E-state index is 0.0798. The molecule has 174 valence electrons. The van der Waals surface area contributed by atoms with Crippen LogP contribution in [0.25, 0.3) is 0 Å². The normalized spacial score (nSPS) is 25.2. The smallest absolute Gasteiger partial charge is 0.237 e. The molecule has 0 aromatic carbocycles. The van der Waals surface area contributed by atoms with Crippen LogP contribution in [0.2, 0.25) is 0 Å². The Morgan fingerprint density at radius 3 is 2.53 bits per heavy atom. The zero-order valence-electron chi connectivity index (χ0n) is 19.7. The number of aromatic nitrogens is 2. The zero-order valence-corrected chi connectivity index (χ0v) is 19.7. The van der Waals surface area contributed by atoms with Gasteiger partial charge in [0.15, 0.2) is 5.82 Å². The van der Waals surface area contributed by atoms with Gasteiger partial charge in [0.2, 0.25) is 11.8 Å². The van der Waals surface area contributed by atoms with E-state index in [0.717, 1.165) is 80.7 Å². The monoisotopic (exact) mass is 439 g/mol. The van der Waals surface area contributed by atoms with Crippen molar-refractivity contribution in [2.24, 2.45) is 11.8 Å². The zero-order chi connectivity index (χ0) is 22.2. The predicted octanol–water partition coefficient (Wildman–Crippen LogP) is 3.26. The Morgan fingerprint density at radius 1 is 1.00 bits per heavy atom. The third-order valence-corrected chi connectivity index (χ3v) is 7.85. The Morgan fingerprint density at radius 2 is 1.78 bits per heavy atom. The van der Waals surface area contributed by atoms with E-state index in [9.17, 15) is 9.59 Å². The molecule has 32 heavy (non-hydrogen) atoms. The molecule has 7 heteroatoms. The highest BCUT2D eigenvalue weighted by Crippen LogP contribution is 2.37. The van der Waals surface area contributed by atoms with Gasteiger partial charge in [-0.2, -0.15) is 0 Å². The number of nitrogens with zero attached hydrogens (tertiary/aromatic N) is 5. The molecule has 2 amide bonds. The molecule has 1 atom stereocenters. The summed E-state index contributed by atoms with van der Waals surface area (Å²) in [6.45, 7) is 8.42. The summed E-state index contributed by atoms with van der Waals surface area (Å²) in [4.78, 5) is 42.2. The summed E-state index contributed by atoms with van der Waals surface area (Å²) >= 11 is 0. The topological polar surface area (TPSA) is 69.6 Å². The van der Waals surface area contributed by atoms with E-state index in [1.165, 1.54) is 25.7 Å². The van der Waals surface area contributed by atoms with Gasteiger partial charge in [0.05, 0.1) is 12.6 Å². The van der Waals surface area contributed by atoms with Crippen LogP contribution in [0, 0.1) is 18.8 Å². The van der Waals surface area contributed by atoms with Crippen molar-refractivity contribution in [2.45, 2.75) is 77.7 Å². The number of carbonyl (C=O) groups excluding carboxylic acids is 2. The molecule has 1 aromatic heterocycles. The average Bonchev–Trinajstić information content (AvgIpc) is 3.61. The lowest BCUT2D eigenvalue weighted by Crippen LogP contribution is -2.46. The summed E-state index contributed by atoms with van der Waals surface area (Å²) in [5.74, 6) is 3.31. The van der Waals surface area contributed by atoms with Crippen molar-refractivity contribution in [3.8, 4) is 0 Å². The van der Waals surface area contributed by atoms with Crippen molar-refractivity contribution in [1.29, 1.82) is 0 Å². The number of aryl methyl sites for hydroxylation is 1. The first-order valence-electron chi connectivity index (χ1n) is 12.7. The fraction of sp³-hybridized carbons (Fsp3) is 0.760. The van der Waals surface area contributed by atoms with E-state index in [-0.39, 0.29) is 17.9 Å². The number of carbonyl (C=O) groups is 2. The minimum atomic E-state index is -0.0798. The molecule has 1 aromatic rings. The second-order valence-corrected chi connectivity index (χ2v) is 10.5. The quantitative estimate of drug-likeness (QED) is 0.704. The van der Waals surface area contributed by atoms with Gasteiger partial charge in [-0.05, 0) is 83.2 Å². The van der Waals surface area contributed by atoms with Gasteiger partial charge in [0.1, 0.15) is 5.82 Å². The SMILES string of the molecule is Cc1nc(C2CCCCN2C(=O)CN2CCC(C)CC2)nc2c1CCC(=O)N2CC1CC1. The van der Waals surface area contributed by atoms with E-state index in [0.29, 0.717) is 18.9 Å². The number of rotatable bonds is 5. The Kier molecular flexibility index (Phi) is 6.19. The molecule has 7 nitrogen and oxygen atoms in total. The first kappa shape index (κ1) is 21.8. The van der Waals surface area contributed by atoms with Crippen molar-refractivity contribution in [3.05, 3.63) is 17.1 Å². The summed E-state index contributed by atoms with van der Waals surface area (Å²) < 4.78 is 0. The minimum Gasteiger partial charge on any atom is -0.331 e. The van der Waals surface area contributed by atoms with Gasteiger partial charge in [0, 0.05) is 30.8 Å². The molecule has 0 radical (unpaired) electrons. The third-order valence-electron chi connectivity index (χ3n) is 7.85. The van der Waals surface area contributed by atoms with Crippen LogP contribution in [0.3, 0.4) is 0 Å². The summed E-state index contributed by atoms with van der Waals surface area (Å²) in [5, 5.41) is 0. The van der Waals surface area contributed by atoms with E-state index < -0.39 is 0 Å². The molecule has 0 N–H and O–H groups in total. The number of likely N-dealkylation sites (tertiary alicyclic amines) is 2. The number of piperidine rings is 2. The largest absolute Gasteiger partial charge is 0.331 e. The lowest BCUT2D eigenvalue weighted by Gasteiger charge is -2.38. The van der Waals surface area contributed by atoms with Crippen LogP contribution >= 0.6 is 0 Å². The number of hydrogen-bond acceptors (Lipinski definition) is 5. The van der Waals surface area contributed by atoms with Crippen LogP contribution in [0.5, 0.6) is 0 Å². The first-order valence-corrected chi connectivity index (χ1v) is 12.7. The van der Waals surface area contributed by atoms with Crippen molar-refractivity contribution in [2.75, 3.05) is 37.6 Å². The molecule has 4 heterocycles. The lowest BCUT2D eigenvalue weighted by molar-refractivity contribution is -0.137. The summed E-state index contributed by atoms with van der Waals surface area (Å²) in [5.41, 5.74) is 2.09. The average molecular weight is 440 g/mol. The van der Waals surface area contributed by atoms with Crippen LogP contribution in [-0.2, 0) is 16.0 Å². The van der Waals surface area contributed by atoms with E-state index in [2.05, 4.69) is 11.8 Å². The standard InChI is InChI=1S/C25H37N5O2/c1-17-10-13-28(14-11-17)16-23(32)29-12-4-3-5-21(29)24-26-18(2)20-8-9-22(31)30(25(20)27-24)15-19-6-7-19/h17,19,21H,3-16H2,1-2H3. The molecule has 3 aliphatic heterocycles. The van der Waals surface area contributed by atoms with Gasteiger partial charge < -0.3 is 4.90 Å². The van der Waals surface area contributed by atoms with Gasteiger partial charge in [-0.1, -0.05) is 6.92 Å². The summed E-state index contributed by atoms with van der Waals surface area (Å²) in [7, 11) is 0. The van der Waals surface area contributed by atoms with Crippen LogP contribution in [0.1, 0.15) is 81.4 Å². The summed E-state index contributed by atoms with van der Waals surface area (Å²) in [6, 6.07) is -0.0798. The van der Waals surface area contributed by atoms with E-state index in [4.69, 9.17) is 9.97 Å². The fourth-order valence-corrected chi connectivity index (χ4v) is 5.50. The molecular formula is C25H37N5O2. The lowest BCUT2D eigenvalue weighted by atomic mass is 9.98. The Hall–Kier alpha value is -2.02. The third kappa shape index (κ3) is 4.54. The van der Waals surface area contributed by atoms with Gasteiger partial charge in [-0.3, -0.25) is 19.4 Å². The maximum Gasteiger partial charge on any atom is 0.237 e. The molecule has 0 spiro atoms. The van der Waals surface area contributed by atoms with Gasteiger partial charge >= 0.3 is 0 Å². The van der Waals surface area contributed by atoms with E-state index in [1.807, 2.05) is 16.7 Å². The maximum atomic E-state index is 13.3. The molecule has 1 unspecified atom stereocenters. The van der Waals surface area contributed by atoms with Crippen LogP contribution < -0.4 is 4.90 Å². The molecule has 1 saturated carbocycles. The number of fused-ring (bicyclic) bond motifs is 1. The van der Waals surface area contributed by atoms with Gasteiger partial charge in [0.25, 0.3) is 0 Å². The highest BCUT2D eigenvalue weighted by atomic mass is 16.2. The van der Waals surface area contributed by atoms with E-state index >= 15 is 0 Å². The Bertz CT molecular complexity index is 875. The van der Waals surface area contributed by atoms with Crippen molar-refractivity contribution < 1.29 is 9.59 Å². The first-order chi connectivity index (χ1) is 15.5. The number of amides is 2. The molecule has 1 aliphatic carbocycles. The maximum absolute atomic E-state index is 13.3. The van der Waals surface area contributed by atoms with Crippen molar-refractivity contribution in [1.82, 2.24) is 19.8 Å². The second kappa shape index (κ2) is 9.08. The molecular weight excluding hydrogens is 402 g/mol. The van der Waals surface area contributed by atoms with Gasteiger partial charge in [-0.25, -0.2) is 9.97 Å². The van der Waals surface area contributed by atoms with Crippen molar-refractivity contribution in [3.63, 3.8) is 0 Å².